The molecular weight excluding hydrogens is 327 g/mol. The molecule has 0 heterocycles. The Balaban J connectivity index is 2.41. The minimum Gasteiger partial charge on any atom is -0.465 e. The first-order chi connectivity index (χ1) is 12.2. The van der Waals surface area contributed by atoms with Crippen molar-refractivity contribution in [3.63, 3.8) is 0 Å². The molecule has 0 fully saturated rings. The number of hydrogen-bond acceptors (Lipinski definition) is 2. The molecule has 0 aliphatic heterocycles. The van der Waals surface area contributed by atoms with Crippen LogP contribution in [0, 0.1) is 0 Å². The lowest BCUT2D eigenvalue weighted by Crippen LogP contribution is -2.30. The summed E-state index contributed by atoms with van der Waals surface area (Å²) in [6, 6.07) is 28.6. The van der Waals surface area contributed by atoms with E-state index in [9.17, 15) is 4.79 Å². The zero-order chi connectivity index (χ0) is 17.7. The summed E-state index contributed by atoms with van der Waals surface area (Å²) in [5.74, 6) is 1.97. The molecule has 0 N–H and O–H groups in total. The first-order valence-corrected chi connectivity index (χ1v) is 10.1. The first-order valence-electron chi connectivity index (χ1n) is 8.22. The van der Waals surface area contributed by atoms with Crippen molar-refractivity contribution in [2.75, 3.05) is 7.11 Å². The van der Waals surface area contributed by atoms with Crippen molar-refractivity contribution in [1.82, 2.24) is 0 Å². The van der Waals surface area contributed by atoms with E-state index in [1.807, 2.05) is 30.3 Å². The van der Waals surface area contributed by atoms with Gasteiger partial charge in [0.05, 0.1) is 12.7 Å². The number of carbonyl (C=O) groups is 1. The van der Waals surface area contributed by atoms with E-state index in [0.717, 1.165) is 5.30 Å². The van der Waals surface area contributed by atoms with Crippen molar-refractivity contribution in [3.05, 3.63) is 90.5 Å². The standard InChI is InChI=1S/C22H21O2P/c1-3-25(18-12-6-4-7-13-18,19-14-8-5-9-15-19)21-17-11-10-16-20(21)22(23)24-2/h3-17H,1-2H3. The van der Waals surface area contributed by atoms with Gasteiger partial charge in [0.25, 0.3) is 0 Å². The molecule has 3 heteroatoms. The van der Waals surface area contributed by atoms with Crippen LogP contribution in [0.4, 0.5) is 0 Å². The maximum atomic E-state index is 12.4. The van der Waals surface area contributed by atoms with Crippen molar-refractivity contribution < 1.29 is 9.53 Å². The van der Waals surface area contributed by atoms with Crippen LogP contribution in [0.2, 0.25) is 0 Å². The Morgan fingerprint density at radius 3 is 1.76 bits per heavy atom. The van der Waals surface area contributed by atoms with Crippen LogP contribution in [0.15, 0.2) is 84.9 Å². The molecule has 3 rings (SSSR count). The van der Waals surface area contributed by atoms with Gasteiger partial charge in [-0.2, -0.15) is 0 Å². The summed E-state index contributed by atoms with van der Waals surface area (Å²) < 4.78 is 5.05. The SMILES string of the molecule is CC=P(c1ccccc1)(c1ccccc1)c1ccccc1C(=O)OC. The Hall–Kier alpha value is -2.57. The van der Waals surface area contributed by atoms with Gasteiger partial charge in [0.2, 0.25) is 0 Å². The summed E-state index contributed by atoms with van der Waals surface area (Å²) >= 11 is 0. The fraction of sp³-hybridized carbons (Fsp3) is 0.0909. The van der Waals surface area contributed by atoms with Gasteiger partial charge in [0.1, 0.15) is 0 Å². The molecule has 0 saturated heterocycles. The van der Waals surface area contributed by atoms with Crippen molar-refractivity contribution in [3.8, 4) is 0 Å². The van der Waals surface area contributed by atoms with Gasteiger partial charge in [-0.15, -0.1) is 0 Å². The van der Waals surface area contributed by atoms with Crippen LogP contribution in [0.25, 0.3) is 0 Å². The second-order valence-corrected chi connectivity index (χ2v) is 9.14. The zero-order valence-electron chi connectivity index (χ0n) is 14.4. The van der Waals surface area contributed by atoms with Crippen LogP contribution in [-0.2, 0) is 4.74 Å². The van der Waals surface area contributed by atoms with E-state index in [-0.39, 0.29) is 5.97 Å². The third-order valence-electron chi connectivity index (χ3n) is 4.40. The first kappa shape index (κ1) is 17.3. The maximum Gasteiger partial charge on any atom is 0.338 e. The molecule has 25 heavy (non-hydrogen) atoms. The minimum absolute atomic E-state index is 0.298. The van der Waals surface area contributed by atoms with Gasteiger partial charge in [-0.1, -0.05) is 84.7 Å². The molecule has 0 aliphatic carbocycles. The summed E-state index contributed by atoms with van der Waals surface area (Å²) in [4.78, 5) is 12.4. The van der Waals surface area contributed by atoms with E-state index in [0.29, 0.717) is 5.56 Å². The van der Waals surface area contributed by atoms with Gasteiger partial charge in [0, 0.05) is 0 Å². The molecule has 0 unspecified atom stereocenters. The lowest BCUT2D eigenvalue weighted by atomic mass is 10.2. The molecule has 0 spiro atoms. The predicted molar refractivity (Wildman–Crippen MR) is 108 cm³/mol. The molecule has 2 nitrogen and oxygen atoms in total. The smallest absolute Gasteiger partial charge is 0.338 e. The molecule has 126 valence electrons. The summed E-state index contributed by atoms with van der Waals surface area (Å²) in [6.07, 6.45) is 0. The van der Waals surface area contributed by atoms with E-state index < -0.39 is 6.89 Å². The van der Waals surface area contributed by atoms with E-state index in [4.69, 9.17) is 4.74 Å². The van der Waals surface area contributed by atoms with Gasteiger partial charge < -0.3 is 4.74 Å². The Bertz CT molecular complexity index is 872. The molecule has 3 aromatic carbocycles. The predicted octanol–water partition coefficient (Wildman–Crippen LogP) is 3.59. The number of rotatable bonds is 4. The van der Waals surface area contributed by atoms with E-state index >= 15 is 0 Å². The van der Waals surface area contributed by atoms with Gasteiger partial charge in [-0.05, 0) is 35.8 Å². The van der Waals surface area contributed by atoms with Crippen molar-refractivity contribution in [2.24, 2.45) is 0 Å². The molecule has 3 aromatic rings. The highest BCUT2D eigenvalue weighted by Gasteiger charge is 2.28. The summed E-state index contributed by atoms with van der Waals surface area (Å²) in [6.45, 7) is 0.0205. The van der Waals surface area contributed by atoms with Crippen LogP contribution in [0.1, 0.15) is 17.3 Å². The Labute approximate surface area is 149 Å². The zero-order valence-corrected chi connectivity index (χ0v) is 15.3. The monoisotopic (exact) mass is 348 g/mol. The lowest BCUT2D eigenvalue weighted by Gasteiger charge is -2.29. The van der Waals surface area contributed by atoms with Crippen molar-refractivity contribution >= 4 is 34.6 Å². The molecule has 0 aliphatic rings. The topological polar surface area (TPSA) is 26.3 Å². The van der Waals surface area contributed by atoms with Crippen LogP contribution < -0.4 is 15.9 Å². The average molecular weight is 348 g/mol. The third-order valence-corrected chi connectivity index (χ3v) is 8.55. The average Bonchev–Trinajstić information content (AvgIpc) is 2.70. The highest BCUT2D eigenvalue weighted by Crippen LogP contribution is 2.44. The normalized spacial score (nSPS) is 11.0. The van der Waals surface area contributed by atoms with Gasteiger partial charge in [0.15, 0.2) is 0 Å². The molecule has 0 aromatic heterocycles. The second kappa shape index (κ2) is 7.55. The lowest BCUT2D eigenvalue weighted by molar-refractivity contribution is 0.0602. The molecule has 0 radical (unpaired) electrons. The summed E-state index contributed by atoms with van der Waals surface area (Å²) in [5, 5.41) is 3.47. The number of carbonyl (C=O) groups excluding carboxylic acids is 1. The van der Waals surface area contributed by atoms with E-state index in [1.54, 1.807) is 0 Å². The highest BCUT2D eigenvalue weighted by molar-refractivity contribution is 7.94. The molecule has 0 amide bonds. The van der Waals surface area contributed by atoms with E-state index in [2.05, 4.69) is 67.3 Å². The highest BCUT2D eigenvalue weighted by atomic mass is 31.2. The second-order valence-electron chi connectivity index (χ2n) is 5.66. The van der Waals surface area contributed by atoms with Crippen LogP contribution >= 0.6 is 6.89 Å². The number of ether oxygens (including phenoxy) is 1. The van der Waals surface area contributed by atoms with E-state index in [1.165, 1.54) is 17.7 Å². The van der Waals surface area contributed by atoms with Gasteiger partial charge >= 0.3 is 5.97 Å². The molecule has 0 saturated carbocycles. The molecule has 0 bridgehead atoms. The van der Waals surface area contributed by atoms with Crippen LogP contribution in [-0.4, -0.2) is 18.9 Å². The number of methoxy groups -OCH3 is 1. The van der Waals surface area contributed by atoms with Gasteiger partial charge in [-0.3, -0.25) is 0 Å². The number of hydrogen-bond donors (Lipinski definition) is 0. The quantitative estimate of drug-likeness (QED) is 0.532. The summed E-state index contributed by atoms with van der Waals surface area (Å²) in [7, 11) is 1.43. The number of benzene rings is 3. The number of esters is 1. The van der Waals surface area contributed by atoms with Crippen LogP contribution in [0.5, 0.6) is 0 Å². The van der Waals surface area contributed by atoms with Crippen LogP contribution in [0.3, 0.4) is 0 Å². The minimum atomic E-state index is -2.06. The maximum absolute atomic E-state index is 12.4. The largest absolute Gasteiger partial charge is 0.465 e. The molecule has 0 atom stereocenters. The Morgan fingerprint density at radius 2 is 1.28 bits per heavy atom. The fourth-order valence-corrected chi connectivity index (χ4v) is 7.14. The summed E-state index contributed by atoms with van der Waals surface area (Å²) in [5.41, 5.74) is 0.629. The van der Waals surface area contributed by atoms with Crippen molar-refractivity contribution in [2.45, 2.75) is 6.92 Å². The van der Waals surface area contributed by atoms with Crippen molar-refractivity contribution in [1.29, 1.82) is 0 Å². The Morgan fingerprint density at radius 1 is 0.800 bits per heavy atom. The third kappa shape index (κ3) is 3.06. The Kier molecular flexibility index (Phi) is 5.21. The molecular formula is C22H21O2P. The van der Waals surface area contributed by atoms with Gasteiger partial charge in [-0.25, -0.2) is 4.79 Å². The fourth-order valence-electron chi connectivity index (χ4n) is 3.25.